The second-order valence-electron chi connectivity index (χ2n) is 11.6. The lowest BCUT2D eigenvalue weighted by molar-refractivity contribution is 0.00488. The van der Waals surface area contributed by atoms with Gasteiger partial charge in [-0.15, -0.1) is 0 Å². The summed E-state index contributed by atoms with van der Waals surface area (Å²) in [6, 6.07) is 11.9. The summed E-state index contributed by atoms with van der Waals surface area (Å²) >= 11 is 6.49. The van der Waals surface area contributed by atoms with Crippen molar-refractivity contribution in [1.29, 1.82) is 0 Å². The van der Waals surface area contributed by atoms with E-state index < -0.39 is 29.1 Å². The van der Waals surface area contributed by atoms with E-state index in [4.69, 9.17) is 14.2 Å². The van der Waals surface area contributed by atoms with Crippen LogP contribution in [0.4, 0.5) is 10.2 Å². The van der Waals surface area contributed by atoms with Crippen LogP contribution in [0.3, 0.4) is 0 Å². The number of hydrogen-bond donors (Lipinski definition) is 0. The van der Waals surface area contributed by atoms with Gasteiger partial charge in [-0.05, 0) is 121 Å². The van der Waals surface area contributed by atoms with Crippen molar-refractivity contribution in [2.45, 2.75) is 65.7 Å². The van der Waals surface area contributed by atoms with E-state index in [1.807, 2.05) is 39.0 Å². The summed E-state index contributed by atoms with van der Waals surface area (Å²) in [5, 5.41) is 0. The minimum absolute atomic E-state index is 0.0510. The van der Waals surface area contributed by atoms with Crippen LogP contribution in [0.15, 0.2) is 51.4 Å². The van der Waals surface area contributed by atoms with Gasteiger partial charge in [-0.2, -0.15) is 4.39 Å². The molecule has 1 aliphatic heterocycles. The van der Waals surface area contributed by atoms with Gasteiger partial charge in [0.15, 0.2) is 11.4 Å². The predicted molar refractivity (Wildman–Crippen MR) is 167 cm³/mol. The molecule has 9 nitrogen and oxygen atoms in total. The molecule has 3 aromatic rings. The zero-order chi connectivity index (χ0) is 32.1. The molecule has 43 heavy (non-hydrogen) atoms. The van der Waals surface area contributed by atoms with Gasteiger partial charge in [-0.1, -0.05) is 12.1 Å². The lowest BCUT2D eigenvalue weighted by Crippen LogP contribution is -2.33. The number of methoxy groups -OCH3 is 1. The molecule has 0 fully saturated rings. The Morgan fingerprint density at radius 3 is 1.93 bits per heavy atom. The van der Waals surface area contributed by atoms with Gasteiger partial charge in [-0.3, -0.25) is 0 Å². The van der Waals surface area contributed by atoms with Crippen molar-refractivity contribution in [1.82, 2.24) is 9.97 Å². The first kappa shape index (κ1) is 34.1. The summed E-state index contributed by atoms with van der Waals surface area (Å²) in [5.41, 5.74) is 1.59. The maximum atomic E-state index is 12.8. The molecule has 0 amide bonds. The van der Waals surface area contributed by atoms with Crippen LogP contribution in [0.5, 0.6) is 0 Å². The number of pyridine rings is 2. The lowest BCUT2D eigenvalue weighted by Gasteiger charge is -2.31. The fraction of sp³-hybridized carbons (Fsp3) is 0.387. The maximum absolute atomic E-state index is 12.8. The Morgan fingerprint density at radius 1 is 0.814 bits per heavy atom. The third kappa shape index (κ3) is 9.56. The van der Waals surface area contributed by atoms with Crippen LogP contribution in [-0.2, 0) is 27.2 Å². The van der Waals surface area contributed by atoms with Gasteiger partial charge in [0, 0.05) is 13.1 Å². The minimum atomic E-state index is -0.709. The summed E-state index contributed by atoms with van der Waals surface area (Å²) in [4.78, 5) is 46.2. The van der Waals surface area contributed by atoms with Crippen molar-refractivity contribution >= 4 is 55.6 Å². The summed E-state index contributed by atoms with van der Waals surface area (Å²) in [5.74, 6) is -1.52. The Bertz CT molecular complexity index is 1520. The van der Waals surface area contributed by atoms with Crippen LogP contribution >= 0.6 is 31.9 Å². The number of carbonyl (C=O) groups is 3. The Balaban J connectivity index is 0.000000285. The first-order chi connectivity index (χ1) is 20.0. The van der Waals surface area contributed by atoms with Gasteiger partial charge in [0.1, 0.15) is 17.0 Å². The average molecular weight is 723 g/mol. The van der Waals surface area contributed by atoms with Crippen molar-refractivity contribution < 1.29 is 33.0 Å². The number of nitrogens with zero attached hydrogens (tertiary/aromatic N) is 3. The van der Waals surface area contributed by atoms with Crippen molar-refractivity contribution in [3.05, 3.63) is 85.4 Å². The van der Waals surface area contributed by atoms with E-state index in [-0.39, 0.29) is 17.4 Å². The van der Waals surface area contributed by atoms with Crippen LogP contribution in [0, 0.1) is 5.95 Å². The summed E-state index contributed by atoms with van der Waals surface area (Å²) in [6.07, 6.45) is 0.777. The van der Waals surface area contributed by atoms with Crippen LogP contribution in [0.25, 0.3) is 0 Å². The van der Waals surface area contributed by atoms with E-state index in [9.17, 15) is 18.8 Å². The Morgan fingerprint density at radius 2 is 1.37 bits per heavy atom. The molecule has 12 heteroatoms. The molecule has 0 spiro atoms. The van der Waals surface area contributed by atoms with E-state index in [0.29, 0.717) is 26.9 Å². The number of anilines is 1. The van der Waals surface area contributed by atoms with Crippen molar-refractivity contribution in [2.24, 2.45) is 0 Å². The van der Waals surface area contributed by atoms with E-state index in [1.54, 1.807) is 32.9 Å². The van der Waals surface area contributed by atoms with Gasteiger partial charge < -0.3 is 19.1 Å². The second-order valence-corrected chi connectivity index (χ2v) is 13.3. The molecule has 0 saturated carbocycles. The van der Waals surface area contributed by atoms with E-state index in [2.05, 4.69) is 46.7 Å². The molecule has 0 atom stereocenters. The summed E-state index contributed by atoms with van der Waals surface area (Å²) in [6.45, 7) is 11.9. The number of rotatable bonds is 4. The standard InChI is InChI=1S/C21H23BrN2O4.C10H11BrFNO2/c1-21(2,3)28-20(26)18-16(22)8-9-17(23-18)24-11-10-13-6-5-7-14(15(13)12-24)19(25)27-4;1-10(2,3)15-9(14)8-6(11)4-5-7(12)13-8/h5-9H,10-12H2,1-4H3;4-5H,1-3H3. The lowest BCUT2D eigenvalue weighted by atomic mass is 9.95. The van der Waals surface area contributed by atoms with Crippen LogP contribution in [0.2, 0.25) is 0 Å². The smallest absolute Gasteiger partial charge is 0.358 e. The highest BCUT2D eigenvalue weighted by atomic mass is 79.9. The molecule has 2 aromatic heterocycles. The van der Waals surface area contributed by atoms with E-state index in [0.717, 1.165) is 30.2 Å². The molecule has 1 aliphatic rings. The van der Waals surface area contributed by atoms with Gasteiger partial charge in [0.25, 0.3) is 0 Å². The molecule has 0 unspecified atom stereocenters. The number of aromatic nitrogens is 2. The molecular formula is C31H34Br2FN3O6. The van der Waals surface area contributed by atoms with Crippen LogP contribution < -0.4 is 4.90 Å². The fourth-order valence-electron chi connectivity index (χ4n) is 4.04. The summed E-state index contributed by atoms with van der Waals surface area (Å²) < 4.78 is 29.2. The molecular weight excluding hydrogens is 689 g/mol. The zero-order valence-electron chi connectivity index (χ0n) is 25.1. The number of fused-ring (bicyclic) bond motifs is 1. The molecule has 4 rings (SSSR count). The number of carbonyl (C=O) groups excluding carboxylic acids is 3. The Kier molecular flexibility index (Phi) is 11.1. The maximum Gasteiger partial charge on any atom is 0.358 e. The highest BCUT2D eigenvalue weighted by Gasteiger charge is 2.26. The topological polar surface area (TPSA) is 108 Å². The number of ether oxygens (including phenoxy) is 3. The molecule has 0 bridgehead atoms. The molecule has 0 N–H and O–H groups in total. The third-order valence-corrected chi connectivity index (χ3v) is 7.11. The van der Waals surface area contributed by atoms with Crippen LogP contribution in [0.1, 0.15) is 84.0 Å². The van der Waals surface area contributed by atoms with Crippen molar-refractivity contribution in [3.8, 4) is 0 Å². The summed E-state index contributed by atoms with van der Waals surface area (Å²) in [7, 11) is 1.38. The number of esters is 3. The highest BCUT2D eigenvalue weighted by Crippen LogP contribution is 2.29. The quantitative estimate of drug-likeness (QED) is 0.159. The average Bonchev–Trinajstić information content (AvgIpc) is 2.92. The first-order valence-electron chi connectivity index (χ1n) is 13.4. The second kappa shape index (κ2) is 13.9. The first-order valence-corrected chi connectivity index (χ1v) is 15.0. The van der Waals surface area contributed by atoms with Gasteiger partial charge in [-0.25, -0.2) is 24.4 Å². The molecule has 0 radical (unpaired) electrons. The van der Waals surface area contributed by atoms with Crippen molar-refractivity contribution in [3.63, 3.8) is 0 Å². The Hall–Kier alpha value is -3.38. The number of halogens is 3. The normalized spacial score (nSPS) is 12.8. The van der Waals surface area contributed by atoms with Crippen LogP contribution in [-0.4, -0.2) is 52.7 Å². The highest BCUT2D eigenvalue weighted by molar-refractivity contribution is 9.10. The van der Waals surface area contributed by atoms with E-state index >= 15 is 0 Å². The van der Waals surface area contributed by atoms with Gasteiger partial charge >= 0.3 is 17.9 Å². The van der Waals surface area contributed by atoms with Gasteiger partial charge in [0.05, 0.1) is 21.6 Å². The van der Waals surface area contributed by atoms with E-state index in [1.165, 1.54) is 13.2 Å². The molecule has 230 valence electrons. The minimum Gasteiger partial charge on any atom is -0.465 e. The molecule has 0 saturated heterocycles. The molecule has 0 aliphatic carbocycles. The number of hydrogen-bond acceptors (Lipinski definition) is 9. The van der Waals surface area contributed by atoms with Crippen molar-refractivity contribution in [2.75, 3.05) is 18.6 Å². The molecule has 3 heterocycles. The third-order valence-electron chi connectivity index (χ3n) is 5.83. The zero-order valence-corrected chi connectivity index (χ0v) is 28.3. The van der Waals surface area contributed by atoms with Gasteiger partial charge in [0.2, 0.25) is 5.95 Å². The SMILES string of the molecule is CC(C)(C)OC(=O)c1nc(F)ccc1Br.COC(=O)c1cccc2c1CN(c1ccc(Br)c(C(=O)OC(C)(C)C)n1)CC2. The monoisotopic (exact) mass is 721 g/mol. The fourth-order valence-corrected chi connectivity index (χ4v) is 4.81. The Labute approximate surface area is 267 Å². The predicted octanol–water partition coefficient (Wildman–Crippen LogP) is 7.09. The number of benzene rings is 1. The molecule has 1 aromatic carbocycles. The largest absolute Gasteiger partial charge is 0.465 e.